The van der Waals surface area contributed by atoms with Crippen molar-refractivity contribution in [3.63, 3.8) is 0 Å². The highest BCUT2D eigenvalue weighted by Gasteiger charge is 2.26. The van der Waals surface area contributed by atoms with Crippen molar-refractivity contribution >= 4 is 17.7 Å². The number of carboxylic acids is 1. The number of rotatable bonds is 6. The zero-order chi connectivity index (χ0) is 20.8. The molecule has 7 heteroatoms. The molecule has 0 spiro atoms. The maximum Gasteiger partial charge on any atom is 0.321 e. The lowest BCUT2D eigenvalue weighted by Crippen LogP contribution is -2.47. The highest BCUT2D eigenvalue weighted by molar-refractivity contribution is 5.91. The molecule has 1 saturated heterocycles. The van der Waals surface area contributed by atoms with Gasteiger partial charge in [0.2, 0.25) is 0 Å². The number of ether oxygens (including phenoxy) is 1. The van der Waals surface area contributed by atoms with Crippen LogP contribution in [0.4, 0.5) is 10.5 Å². The number of urea groups is 1. The van der Waals surface area contributed by atoms with E-state index in [2.05, 4.69) is 5.32 Å². The van der Waals surface area contributed by atoms with Gasteiger partial charge in [0.05, 0.1) is 12.2 Å². The Hall–Kier alpha value is -3.06. The molecule has 0 aromatic heterocycles. The Morgan fingerprint density at radius 1 is 1.14 bits per heavy atom. The normalized spacial score (nSPS) is 14.7. The number of likely N-dealkylation sites (N-methyl/N-ethyl adjacent to an activating group) is 1. The number of amides is 2. The Morgan fingerprint density at radius 3 is 2.45 bits per heavy atom. The summed E-state index contributed by atoms with van der Waals surface area (Å²) in [5.74, 6) is 0.457. The van der Waals surface area contributed by atoms with Crippen LogP contribution in [0, 0.1) is 6.92 Å². The van der Waals surface area contributed by atoms with Crippen molar-refractivity contribution in [3.05, 3.63) is 54.1 Å². The summed E-state index contributed by atoms with van der Waals surface area (Å²) in [6.45, 7) is 3.20. The van der Waals surface area contributed by atoms with Gasteiger partial charge in [0.1, 0.15) is 5.75 Å². The minimum Gasteiger partial charge on any atom is -0.480 e. The van der Waals surface area contributed by atoms with Crippen LogP contribution in [0.1, 0.15) is 18.4 Å². The molecule has 0 bridgehead atoms. The number of nitrogens with zero attached hydrogens (tertiary/aromatic N) is 2. The van der Waals surface area contributed by atoms with Crippen molar-refractivity contribution < 1.29 is 19.4 Å². The molecule has 1 heterocycles. The monoisotopic (exact) mass is 397 g/mol. The standard InChI is InChI=1S/C22H27N3O4/c1-16-7-9-18(10-8-16)29-20-6-4-3-5-19(20)23-22(28)25-13-11-17(12-14-25)24(2)15-21(26)27/h3-10,17H,11-15H2,1-2H3,(H,23,28)(H,26,27). The number of nitrogens with one attached hydrogen (secondary N) is 1. The number of para-hydroxylation sites is 2. The molecule has 2 amide bonds. The number of benzene rings is 2. The van der Waals surface area contributed by atoms with Crippen molar-refractivity contribution in [2.45, 2.75) is 25.8 Å². The van der Waals surface area contributed by atoms with Gasteiger partial charge in [-0.05, 0) is 51.1 Å². The number of hydrogen-bond donors (Lipinski definition) is 2. The number of piperidine rings is 1. The van der Waals surface area contributed by atoms with Gasteiger partial charge in [-0.1, -0.05) is 29.8 Å². The van der Waals surface area contributed by atoms with E-state index in [0.29, 0.717) is 30.3 Å². The number of aliphatic carboxylic acids is 1. The molecule has 2 aromatic rings. The molecular formula is C22H27N3O4. The van der Waals surface area contributed by atoms with Crippen molar-refractivity contribution in [3.8, 4) is 11.5 Å². The quantitative estimate of drug-likeness (QED) is 0.775. The topological polar surface area (TPSA) is 82.1 Å². The van der Waals surface area contributed by atoms with Crippen LogP contribution in [0.5, 0.6) is 11.5 Å². The molecule has 2 N–H and O–H groups in total. The first-order valence-corrected chi connectivity index (χ1v) is 9.74. The van der Waals surface area contributed by atoms with Gasteiger partial charge in [-0.3, -0.25) is 9.69 Å². The summed E-state index contributed by atoms with van der Waals surface area (Å²) >= 11 is 0. The predicted molar refractivity (Wildman–Crippen MR) is 112 cm³/mol. The summed E-state index contributed by atoms with van der Waals surface area (Å²) < 4.78 is 5.94. The fourth-order valence-electron chi connectivity index (χ4n) is 3.44. The molecular weight excluding hydrogens is 370 g/mol. The Morgan fingerprint density at radius 2 is 1.79 bits per heavy atom. The van der Waals surface area contributed by atoms with E-state index >= 15 is 0 Å². The Bertz CT molecular complexity index is 845. The Balaban J connectivity index is 1.59. The minimum absolute atomic E-state index is 0.0145. The molecule has 0 radical (unpaired) electrons. The van der Waals surface area contributed by atoms with E-state index in [-0.39, 0.29) is 18.6 Å². The number of aryl methyl sites for hydroxylation is 1. The van der Waals surface area contributed by atoms with Crippen LogP contribution in [0.15, 0.2) is 48.5 Å². The molecule has 1 aliphatic heterocycles. The highest BCUT2D eigenvalue weighted by atomic mass is 16.5. The maximum atomic E-state index is 12.7. The van der Waals surface area contributed by atoms with E-state index in [0.717, 1.165) is 18.4 Å². The van der Waals surface area contributed by atoms with E-state index in [1.165, 1.54) is 0 Å². The van der Waals surface area contributed by atoms with E-state index in [9.17, 15) is 9.59 Å². The van der Waals surface area contributed by atoms with Gasteiger partial charge < -0.3 is 20.1 Å². The fourth-order valence-corrected chi connectivity index (χ4v) is 3.44. The minimum atomic E-state index is -0.835. The fraction of sp³-hybridized carbons (Fsp3) is 0.364. The zero-order valence-electron chi connectivity index (χ0n) is 16.8. The third kappa shape index (κ3) is 5.71. The van der Waals surface area contributed by atoms with Crippen molar-refractivity contribution in [2.75, 3.05) is 32.0 Å². The maximum absolute atomic E-state index is 12.7. The summed E-state index contributed by atoms with van der Waals surface area (Å²) in [6, 6.07) is 15.1. The molecule has 0 unspecified atom stereocenters. The van der Waals surface area contributed by atoms with Crippen molar-refractivity contribution in [1.29, 1.82) is 0 Å². The van der Waals surface area contributed by atoms with Crippen LogP contribution < -0.4 is 10.1 Å². The molecule has 0 atom stereocenters. The molecule has 154 valence electrons. The highest BCUT2D eigenvalue weighted by Crippen LogP contribution is 2.30. The van der Waals surface area contributed by atoms with Gasteiger partial charge >= 0.3 is 12.0 Å². The molecule has 1 aliphatic rings. The first kappa shape index (κ1) is 20.7. The Kier molecular flexibility index (Phi) is 6.72. The lowest BCUT2D eigenvalue weighted by molar-refractivity contribution is -0.138. The average molecular weight is 397 g/mol. The molecule has 2 aromatic carbocycles. The first-order chi connectivity index (χ1) is 13.9. The number of hydrogen-bond acceptors (Lipinski definition) is 4. The van der Waals surface area contributed by atoms with Gasteiger partial charge in [-0.25, -0.2) is 4.79 Å². The molecule has 0 aliphatic carbocycles. The molecule has 0 saturated carbocycles. The smallest absolute Gasteiger partial charge is 0.321 e. The Labute approximate surface area is 170 Å². The van der Waals surface area contributed by atoms with Gasteiger partial charge in [0.15, 0.2) is 5.75 Å². The number of carbonyl (C=O) groups is 2. The van der Waals surface area contributed by atoms with Gasteiger partial charge in [0, 0.05) is 19.1 Å². The van der Waals surface area contributed by atoms with Crippen molar-refractivity contribution in [2.24, 2.45) is 0 Å². The summed E-state index contributed by atoms with van der Waals surface area (Å²) in [5, 5.41) is 11.9. The van der Waals surface area contributed by atoms with Crippen LogP contribution in [0.2, 0.25) is 0 Å². The summed E-state index contributed by atoms with van der Waals surface area (Å²) in [4.78, 5) is 27.2. The first-order valence-electron chi connectivity index (χ1n) is 9.74. The van der Waals surface area contributed by atoms with Gasteiger partial charge in [0.25, 0.3) is 0 Å². The number of carbonyl (C=O) groups excluding carboxylic acids is 1. The van der Waals surface area contributed by atoms with E-state index in [1.807, 2.05) is 67.4 Å². The SMILES string of the molecule is Cc1ccc(Oc2ccccc2NC(=O)N2CCC(N(C)CC(=O)O)CC2)cc1. The summed E-state index contributed by atoms with van der Waals surface area (Å²) in [5.41, 5.74) is 1.76. The molecule has 29 heavy (non-hydrogen) atoms. The van der Waals surface area contributed by atoms with Crippen LogP contribution in [0.25, 0.3) is 0 Å². The average Bonchev–Trinajstić information content (AvgIpc) is 2.70. The number of carboxylic acid groups (broad SMARTS) is 1. The van der Waals surface area contributed by atoms with Gasteiger partial charge in [-0.2, -0.15) is 0 Å². The van der Waals surface area contributed by atoms with Crippen LogP contribution in [-0.4, -0.2) is 59.6 Å². The number of anilines is 1. The molecule has 7 nitrogen and oxygen atoms in total. The van der Waals surface area contributed by atoms with Crippen LogP contribution >= 0.6 is 0 Å². The molecule has 1 fully saturated rings. The second-order valence-corrected chi connectivity index (χ2v) is 7.37. The largest absolute Gasteiger partial charge is 0.480 e. The third-order valence-electron chi connectivity index (χ3n) is 5.14. The van der Waals surface area contributed by atoms with Crippen molar-refractivity contribution in [1.82, 2.24) is 9.80 Å². The predicted octanol–water partition coefficient (Wildman–Crippen LogP) is 3.80. The molecule has 3 rings (SSSR count). The zero-order valence-corrected chi connectivity index (χ0v) is 16.8. The second kappa shape index (κ2) is 9.43. The van der Waals surface area contributed by atoms with E-state index in [1.54, 1.807) is 4.90 Å². The van der Waals surface area contributed by atoms with E-state index < -0.39 is 5.97 Å². The lowest BCUT2D eigenvalue weighted by Gasteiger charge is -2.36. The summed E-state index contributed by atoms with van der Waals surface area (Å²) in [7, 11) is 1.81. The third-order valence-corrected chi connectivity index (χ3v) is 5.14. The van der Waals surface area contributed by atoms with E-state index in [4.69, 9.17) is 9.84 Å². The lowest BCUT2D eigenvalue weighted by atomic mass is 10.0. The van der Waals surface area contributed by atoms with Crippen LogP contribution in [0.3, 0.4) is 0 Å². The second-order valence-electron chi connectivity index (χ2n) is 7.37. The van der Waals surface area contributed by atoms with Crippen LogP contribution in [-0.2, 0) is 4.79 Å². The number of likely N-dealkylation sites (tertiary alicyclic amines) is 1. The summed E-state index contributed by atoms with van der Waals surface area (Å²) in [6.07, 6.45) is 1.50. The van der Waals surface area contributed by atoms with Gasteiger partial charge in [-0.15, -0.1) is 0 Å².